The molecule has 1 rings (SSSR count). The van der Waals surface area contributed by atoms with Gasteiger partial charge < -0.3 is 10.6 Å². The molecule has 18 heavy (non-hydrogen) atoms. The fourth-order valence-corrected chi connectivity index (χ4v) is 2.62. The monoisotopic (exact) mass is 255 g/mol. The SMILES string of the molecule is CN(C)C(=O)CN(CCCN)C1CCCCCC1. The van der Waals surface area contributed by atoms with Crippen LogP contribution in [0.5, 0.6) is 0 Å². The van der Waals surface area contributed by atoms with E-state index in [1.165, 1.54) is 38.5 Å². The van der Waals surface area contributed by atoms with Gasteiger partial charge in [0.1, 0.15) is 0 Å². The molecule has 0 saturated heterocycles. The second-order valence-electron chi connectivity index (χ2n) is 5.55. The lowest BCUT2D eigenvalue weighted by Crippen LogP contribution is -2.43. The van der Waals surface area contributed by atoms with Gasteiger partial charge in [0, 0.05) is 26.7 Å². The van der Waals surface area contributed by atoms with E-state index in [-0.39, 0.29) is 5.91 Å². The summed E-state index contributed by atoms with van der Waals surface area (Å²) in [4.78, 5) is 15.9. The van der Waals surface area contributed by atoms with Crippen molar-refractivity contribution in [2.24, 2.45) is 5.73 Å². The number of likely N-dealkylation sites (N-methyl/N-ethyl adjacent to an activating group) is 1. The molecule has 0 radical (unpaired) electrons. The highest BCUT2D eigenvalue weighted by Gasteiger charge is 2.22. The van der Waals surface area contributed by atoms with Crippen LogP contribution in [0.1, 0.15) is 44.9 Å². The smallest absolute Gasteiger partial charge is 0.236 e. The molecule has 0 aromatic heterocycles. The molecule has 0 aromatic carbocycles. The average Bonchev–Trinajstić information content (AvgIpc) is 2.62. The van der Waals surface area contributed by atoms with Crippen molar-refractivity contribution in [2.45, 2.75) is 51.0 Å². The van der Waals surface area contributed by atoms with Crippen molar-refractivity contribution in [3.05, 3.63) is 0 Å². The van der Waals surface area contributed by atoms with Gasteiger partial charge in [0.2, 0.25) is 5.91 Å². The van der Waals surface area contributed by atoms with Crippen LogP contribution in [0, 0.1) is 0 Å². The molecule has 1 aliphatic carbocycles. The first-order chi connectivity index (χ1) is 8.65. The minimum Gasteiger partial charge on any atom is -0.348 e. The summed E-state index contributed by atoms with van der Waals surface area (Å²) >= 11 is 0. The van der Waals surface area contributed by atoms with Crippen molar-refractivity contribution in [1.29, 1.82) is 0 Å². The van der Waals surface area contributed by atoms with Crippen LogP contribution < -0.4 is 5.73 Å². The highest BCUT2D eigenvalue weighted by atomic mass is 16.2. The van der Waals surface area contributed by atoms with Gasteiger partial charge in [-0.1, -0.05) is 25.7 Å². The zero-order valence-electron chi connectivity index (χ0n) is 12.0. The number of carbonyl (C=O) groups excluding carboxylic acids is 1. The molecule has 1 fully saturated rings. The summed E-state index contributed by atoms with van der Waals surface area (Å²) in [6.07, 6.45) is 8.78. The molecule has 0 bridgehead atoms. The quantitative estimate of drug-likeness (QED) is 0.731. The molecular weight excluding hydrogens is 226 g/mol. The Bertz CT molecular complexity index is 235. The molecule has 106 valence electrons. The topological polar surface area (TPSA) is 49.6 Å². The lowest BCUT2D eigenvalue weighted by atomic mass is 10.1. The van der Waals surface area contributed by atoms with E-state index in [4.69, 9.17) is 5.73 Å². The van der Waals surface area contributed by atoms with Gasteiger partial charge in [-0.2, -0.15) is 0 Å². The van der Waals surface area contributed by atoms with Gasteiger partial charge >= 0.3 is 0 Å². The molecule has 0 heterocycles. The van der Waals surface area contributed by atoms with E-state index in [1.807, 2.05) is 14.1 Å². The van der Waals surface area contributed by atoms with E-state index in [2.05, 4.69) is 4.90 Å². The average molecular weight is 255 g/mol. The molecule has 1 saturated carbocycles. The Morgan fingerprint density at radius 1 is 1.17 bits per heavy atom. The Morgan fingerprint density at radius 2 is 1.78 bits per heavy atom. The van der Waals surface area contributed by atoms with E-state index < -0.39 is 0 Å². The van der Waals surface area contributed by atoms with Crippen molar-refractivity contribution in [2.75, 3.05) is 33.7 Å². The number of carbonyl (C=O) groups is 1. The summed E-state index contributed by atoms with van der Waals surface area (Å²) in [5.41, 5.74) is 5.61. The molecule has 0 unspecified atom stereocenters. The maximum atomic E-state index is 11.9. The van der Waals surface area contributed by atoms with E-state index in [1.54, 1.807) is 4.90 Å². The third kappa shape index (κ3) is 5.36. The van der Waals surface area contributed by atoms with E-state index in [0.29, 0.717) is 19.1 Å². The first-order valence-electron chi connectivity index (χ1n) is 7.29. The first kappa shape index (κ1) is 15.4. The number of amides is 1. The van der Waals surface area contributed by atoms with Crippen LogP contribution in [0.4, 0.5) is 0 Å². The van der Waals surface area contributed by atoms with Crippen molar-refractivity contribution >= 4 is 5.91 Å². The Balaban J connectivity index is 2.54. The predicted molar refractivity (Wildman–Crippen MR) is 75.4 cm³/mol. The zero-order chi connectivity index (χ0) is 13.4. The molecule has 2 N–H and O–H groups in total. The van der Waals surface area contributed by atoms with Gasteiger partial charge in [-0.05, 0) is 25.8 Å². The molecule has 4 heteroatoms. The van der Waals surface area contributed by atoms with Crippen LogP contribution >= 0.6 is 0 Å². The van der Waals surface area contributed by atoms with Gasteiger partial charge in [-0.25, -0.2) is 0 Å². The number of rotatable bonds is 6. The predicted octanol–water partition coefficient (Wildman–Crippen LogP) is 1.45. The van der Waals surface area contributed by atoms with E-state index >= 15 is 0 Å². The Hall–Kier alpha value is -0.610. The van der Waals surface area contributed by atoms with Crippen LogP contribution in [-0.2, 0) is 4.79 Å². The Morgan fingerprint density at radius 3 is 2.28 bits per heavy atom. The van der Waals surface area contributed by atoms with E-state index in [9.17, 15) is 4.79 Å². The summed E-state index contributed by atoms with van der Waals surface area (Å²) in [6, 6.07) is 0.586. The van der Waals surface area contributed by atoms with Crippen LogP contribution in [-0.4, -0.2) is 55.5 Å². The molecule has 0 aliphatic heterocycles. The van der Waals surface area contributed by atoms with Gasteiger partial charge in [0.05, 0.1) is 6.54 Å². The third-order valence-electron chi connectivity index (χ3n) is 3.83. The van der Waals surface area contributed by atoms with Gasteiger partial charge in [-0.3, -0.25) is 9.69 Å². The van der Waals surface area contributed by atoms with Crippen LogP contribution in [0.3, 0.4) is 0 Å². The highest BCUT2D eigenvalue weighted by molar-refractivity contribution is 5.77. The number of hydrogen-bond acceptors (Lipinski definition) is 3. The van der Waals surface area contributed by atoms with Gasteiger partial charge in [0.25, 0.3) is 0 Å². The van der Waals surface area contributed by atoms with Gasteiger partial charge in [-0.15, -0.1) is 0 Å². The minimum atomic E-state index is 0.205. The largest absolute Gasteiger partial charge is 0.348 e. The van der Waals surface area contributed by atoms with Crippen molar-refractivity contribution in [3.8, 4) is 0 Å². The molecule has 0 atom stereocenters. The molecule has 1 amide bonds. The van der Waals surface area contributed by atoms with Crippen LogP contribution in [0.25, 0.3) is 0 Å². The normalized spacial score (nSPS) is 17.8. The summed E-state index contributed by atoms with van der Waals surface area (Å²) in [5.74, 6) is 0.205. The van der Waals surface area contributed by atoms with Gasteiger partial charge in [0.15, 0.2) is 0 Å². The van der Waals surface area contributed by atoms with E-state index in [0.717, 1.165) is 13.0 Å². The van der Waals surface area contributed by atoms with Crippen molar-refractivity contribution < 1.29 is 4.79 Å². The highest BCUT2D eigenvalue weighted by Crippen LogP contribution is 2.22. The summed E-state index contributed by atoms with van der Waals surface area (Å²) < 4.78 is 0. The number of hydrogen-bond donors (Lipinski definition) is 1. The first-order valence-corrected chi connectivity index (χ1v) is 7.29. The third-order valence-corrected chi connectivity index (χ3v) is 3.83. The lowest BCUT2D eigenvalue weighted by Gasteiger charge is -2.31. The second-order valence-corrected chi connectivity index (χ2v) is 5.55. The lowest BCUT2D eigenvalue weighted by molar-refractivity contribution is -0.130. The van der Waals surface area contributed by atoms with Crippen molar-refractivity contribution in [1.82, 2.24) is 9.80 Å². The number of nitrogens with zero attached hydrogens (tertiary/aromatic N) is 2. The summed E-state index contributed by atoms with van der Waals surface area (Å²) in [6.45, 7) is 2.22. The second kappa shape index (κ2) is 8.48. The summed E-state index contributed by atoms with van der Waals surface area (Å²) in [5, 5.41) is 0. The Kier molecular flexibility index (Phi) is 7.28. The maximum absolute atomic E-state index is 11.9. The van der Waals surface area contributed by atoms with Crippen LogP contribution in [0.2, 0.25) is 0 Å². The Labute approximate surface area is 111 Å². The van der Waals surface area contributed by atoms with Crippen molar-refractivity contribution in [3.63, 3.8) is 0 Å². The molecular formula is C14H29N3O. The molecule has 0 aromatic rings. The molecule has 0 spiro atoms. The zero-order valence-corrected chi connectivity index (χ0v) is 12.0. The van der Waals surface area contributed by atoms with Crippen LogP contribution in [0.15, 0.2) is 0 Å². The molecule has 4 nitrogen and oxygen atoms in total. The maximum Gasteiger partial charge on any atom is 0.236 e. The fourth-order valence-electron chi connectivity index (χ4n) is 2.62. The summed E-state index contributed by atoms with van der Waals surface area (Å²) in [7, 11) is 3.66. The molecule has 1 aliphatic rings. The number of nitrogens with two attached hydrogens (primary N) is 1. The standard InChI is InChI=1S/C14H29N3O/c1-16(2)14(18)12-17(11-7-10-15)13-8-5-3-4-6-9-13/h13H,3-12,15H2,1-2H3. The minimum absolute atomic E-state index is 0.205. The fraction of sp³-hybridized carbons (Fsp3) is 0.929.